The molecule has 0 spiro atoms. The van der Waals surface area contributed by atoms with Gasteiger partial charge in [-0.1, -0.05) is 12.1 Å². The van der Waals surface area contributed by atoms with E-state index in [2.05, 4.69) is 46.7 Å². The van der Waals surface area contributed by atoms with Gasteiger partial charge in [0.05, 0.1) is 27.2 Å². The molecule has 0 saturated heterocycles. The summed E-state index contributed by atoms with van der Waals surface area (Å²) in [7, 11) is 2.08. The SMILES string of the molecule is COP(OC)c1ccccc1Nc1nc(Nc2ccc3cn[nH]c3c2)ncc1Br. The zero-order chi connectivity index (χ0) is 20.2. The van der Waals surface area contributed by atoms with Gasteiger partial charge in [0.2, 0.25) is 14.3 Å². The van der Waals surface area contributed by atoms with Gasteiger partial charge in [0.25, 0.3) is 0 Å². The topological polar surface area (TPSA) is 97.0 Å². The molecule has 0 aliphatic rings. The van der Waals surface area contributed by atoms with E-state index in [1.165, 1.54) is 0 Å². The zero-order valence-electron chi connectivity index (χ0n) is 15.7. The molecule has 0 fully saturated rings. The first-order valence-electron chi connectivity index (χ1n) is 8.65. The Balaban J connectivity index is 1.61. The van der Waals surface area contributed by atoms with Crippen molar-refractivity contribution in [1.82, 2.24) is 20.2 Å². The molecule has 4 rings (SSSR count). The number of para-hydroxylation sites is 1. The Bertz CT molecular complexity index is 1130. The van der Waals surface area contributed by atoms with Crippen LogP contribution in [-0.4, -0.2) is 34.4 Å². The summed E-state index contributed by atoms with van der Waals surface area (Å²) >= 11 is 3.51. The number of fused-ring (bicyclic) bond motifs is 1. The van der Waals surface area contributed by atoms with Crippen LogP contribution in [0.25, 0.3) is 10.9 Å². The highest BCUT2D eigenvalue weighted by atomic mass is 79.9. The van der Waals surface area contributed by atoms with Crippen LogP contribution in [0.15, 0.2) is 59.3 Å². The molecule has 8 nitrogen and oxygen atoms in total. The van der Waals surface area contributed by atoms with Crippen LogP contribution in [0.5, 0.6) is 0 Å². The van der Waals surface area contributed by atoms with E-state index < -0.39 is 8.38 Å². The second-order valence-electron chi connectivity index (χ2n) is 5.95. The quantitative estimate of drug-likeness (QED) is 0.331. The molecule has 0 atom stereocenters. The molecule has 148 valence electrons. The van der Waals surface area contributed by atoms with Crippen LogP contribution < -0.4 is 15.9 Å². The van der Waals surface area contributed by atoms with Gasteiger partial charge in [-0.15, -0.1) is 0 Å². The molecule has 10 heteroatoms. The van der Waals surface area contributed by atoms with Crippen molar-refractivity contribution < 1.29 is 9.05 Å². The van der Waals surface area contributed by atoms with Crippen LogP contribution in [0.3, 0.4) is 0 Å². The molecule has 29 heavy (non-hydrogen) atoms. The fraction of sp³-hybridized carbons (Fsp3) is 0.105. The Hall–Kier alpha value is -2.58. The molecule has 0 bridgehead atoms. The molecular weight excluding hydrogens is 455 g/mol. The van der Waals surface area contributed by atoms with Crippen molar-refractivity contribution in [2.75, 3.05) is 24.9 Å². The number of benzene rings is 2. The van der Waals surface area contributed by atoms with Gasteiger partial charge in [-0.05, 0) is 46.3 Å². The highest BCUT2D eigenvalue weighted by molar-refractivity contribution is 9.10. The molecule has 0 aliphatic carbocycles. The second-order valence-corrected chi connectivity index (χ2v) is 8.53. The summed E-state index contributed by atoms with van der Waals surface area (Å²) in [5.41, 5.74) is 2.65. The summed E-state index contributed by atoms with van der Waals surface area (Å²) in [6.45, 7) is 0. The van der Waals surface area contributed by atoms with E-state index in [1.807, 2.05) is 42.5 Å². The predicted octanol–water partition coefficient (Wildman–Crippen LogP) is 4.83. The minimum absolute atomic E-state index is 0.466. The molecule has 2 aromatic carbocycles. The lowest BCUT2D eigenvalue weighted by molar-refractivity contribution is 0.350. The smallest absolute Gasteiger partial charge is 0.229 e. The first kappa shape index (κ1) is 19.7. The Morgan fingerprint density at radius 3 is 2.69 bits per heavy atom. The normalized spacial score (nSPS) is 11.2. The van der Waals surface area contributed by atoms with Gasteiger partial charge in [0.1, 0.15) is 5.82 Å². The van der Waals surface area contributed by atoms with Gasteiger partial charge in [-0.2, -0.15) is 10.1 Å². The summed E-state index contributed by atoms with van der Waals surface area (Å²) in [5.74, 6) is 1.09. The van der Waals surface area contributed by atoms with E-state index >= 15 is 0 Å². The van der Waals surface area contributed by atoms with Crippen LogP contribution in [0, 0.1) is 0 Å². The highest BCUT2D eigenvalue weighted by Gasteiger charge is 2.16. The van der Waals surface area contributed by atoms with Crippen molar-refractivity contribution in [3.05, 3.63) is 59.3 Å². The number of aromatic amines is 1. The zero-order valence-corrected chi connectivity index (χ0v) is 18.2. The van der Waals surface area contributed by atoms with E-state index in [4.69, 9.17) is 9.05 Å². The van der Waals surface area contributed by atoms with Gasteiger partial charge >= 0.3 is 0 Å². The fourth-order valence-corrected chi connectivity index (χ4v) is 4.16. The first-order chi connectivity index (χ1) is 14.2. The van der Waals surface area contributed by atoms with E-state index in [0.717, 1.165) is 32.1 Å². The number of nitrogens with zero attached hydrogens (tertiary/aromatic N) is 3. The molecular formula is C19H18BrN6O2P. The highest BCUT2D eigenvalue weighted by Crippen LogP contribution is 2.38. The second kappa shape index (κ2) is 8.84. The number of anilines is 4. The van der Waals surface area contributed by atoms with E-state index in [9.17, 15) is 0 Å². The Morgan fingerprint density at radius 2 is 1.86 bits per heavy atom. The van der Waals surface area contributed by atoms with Crippen molar-refractivity contribution in [3.8, 4) is 0 Å². The van der Waals surface area contributed by atoms with Crippen LogP contribution in [-0.2, 0) is 9.05 Å². The first-order valence-corrected chi connectivity index (χ1v) is 10.6. The molecule has 2 aromatic heterocycles. The monoisotopic (exact) mass is 472 g/mol. The summed E-state index contributed by atoms with van der Waals surface area (Å²) in [6, 6.07) is 13.7. The molecule has 0 amide bonds. The summed E-state index contributed by atoms with van der Waals surface area (Å²) in [4.78, 5) is 8.96. The maximum Gasteiger partial charge on any atom is 0.229 e. The Morgan fingerprint density at radius 1 is 1.03 bits per heavy atom. The molecule has 2 heterocycles. The van der Waals surface area contributed by atoms with Crippen molar-refractivity contribution >= 4 is 63.7 Å². The molecule has 0 aliphatic heterocycles. The lowest BCUT2D eigenvalue weighted by Gasteiger charge is -2.17. The van der Waals surface area contributed by atoms with Crippen molar-refractivity contribution in [1.29, 1.82) is 0 Å². The number of halogens is 1. The third-order valence-corrected chi connectivity index (χ3v) is 6.15. The maximum absolute atomic E-state index is 5.46. The van der Waals surface area contributed by atoms with Crippen molar-refractivity contribution in [2.24, 2.45) is 0 Å². The van der Waals surface area contributed by atoms with Gasteiger partial charge in [-0.3, -0.25) is 5.10 Å². The van der Waals surface area contributed by atoms with Crippen LogP contribution in [0.2, 0.25) is 0 Å². The average Bonchev–Trinajstić information content (AvgIpc) is 3.20. The summed E-state index contributed by atoms with van der Waals surface area (Å²) in [6.07, 6.45) is 3.48. The third kappa shape index (κ3) is 4.38. The predicted molar refractivity (Wildman–Crippen MR) is 119 cm³/mol. The van der Waals surface area contributed by atoms with Crippen molar-refractivity contribution in [2.45, 2.75) is 0 Å². The molecule has 4 aromatic rings. The van der Waals surface area contributed by atoms with E-state index in [-0.39, 0.29) is 0 Å². The van der Waals surface area contributed by atoms with Gasteiger partial charge in [0, 0.05) is 31.5 Å². The van der Waals surface area contributed by atoms with Crippen LogP contribution in [0.4, 0.5) is 23.1 Å². The number of rotatable bonds is 7. The standard InChI is InChI=1S/C19H18BrN6O2P/c1-27-29(28-2)17-6-4-3-5-15(17)24-18-14(20)11-21-19(25-18)23-13-8-7-12-10-22-26-16(12)9-13/h3-11H,1-2H3,(H,22,26)(H2,21,23,24,25). The number of nitrogens with one attached hydrogen (secondary N) is 3. The fourth-order valence-electron chi connectivity index (χ4n) is 2.80. The number of aromatic nitrogens is 4. The van der Waals surface area contributed by atoms with Crippen LogP contribution >= 0.6 is 24.3 Å². The van der Waals surface area contributed by atoms with Gasteiger partial charge in [0.15, 0.2) is 0 Å². The molecule has 0 unspecified atom stereocenters. The lowest BCUT2D eigenvalue weighted by atomic mass is 10.2. The van der Waals surface area contributed by atoms with Crippen LogP contribution in [0.1, 0.15) is 0 Å². The lowest BCUT2D eigenvalue weighted by Crippen LogP contribution is -2.11. The van der Waals surface area contributed by atoms with Gasteiger partial charge in [-0.25, -0.2) is 4.98 Å². The molecule has 3 N–H and O–H groups in total. The van der Waals surface area contributed by atoms with Crippen molar-refractivity contribution in [3.63, 3.8) is 0 Å². The number of H-pyrrole nitrogens is 1. The molecule has 0 radical (unpaired) electrons. The minimum Gasteiger partial charge on any atom is -0.338 e. The number of hydrogen-bond acceptors (Lipinski definition) is 7. The Kier molecular flexibility index (Phi) is 6.01. The largest absolute Gasteiger partial charge is 0.338 e. The average molecular weight is 473 g/mol. The van der Waals surface area contributed by atoms with E-state index in [1.54, 1.807) is 26.6 Å². The minimum atomic E-state index is -1.18. The molecule has 0 saturated carbocycles. The van der Waals surface area contributed by atoms with Gasteiger partial charge < -0.3 is 19.7 Å². The Labute approximate surface area is 177 Å². The number of hydrogen-bond donors (Lipinski definition) is 3. The maximum atomic E-state index is 5.46. The third-order valence-electron chi connectivity index (χ3n) is 4.13. The summed E-state index contributed by atoms with van der Waals surface area (Å²) in [5, 5.41) is 15.5. The van der Waals surface area contributed by atoms with E-state index in [0.29, 0.717) is 11.8 Å². The summed E-state index contributed by atoms with van der Waals surface area (Å²) < 4.78 is 11.7.